The molecule has 2 fully saturated rings. The highest BCUT2D eigenvalue weighted by Gasteiger charge is 2.43. The summed E-state index contributed by atoms with van der Waals surface area (Å²) in [6.07, 6.45) is 9.35. The molecule has 0 spiro atoms. The molecule has 4 aliphatic rings. The van der Waals surface area contributed by atoms with Crippen molar-refractivity contribution in [1.82, 2.24) is 19.3 Å². The van der Waals surface area contributed by atoms with Crippen LogP contribution in [0.2, 0.25) is 0 Å². The molecule has 0 aliphatic carbocycles. The second-order valence-electron chi connectivity index (χ2n) is 8.84. The summed E-state index contributed by atoms with van der Waals surface area (Å²) in [6, 6.07) is 8.35. The van der Waals surface area contributed by atoms with Crippen molar-refractivity contribution in [2.45, 2.75) is 6.54 Å². The van der Waals surface area contributed by atoms with Crippen molar-refractivity contribution in [3.05, 3.63) is 49.1 Å². The first-order valence-corrected chi connectivity index (χ1v) is 12.1. The van der Waals surface area contributed by atoms with Crippen LogP contribution in [0.4, 0.5) is 17.1 Å². The molecule has 4 aliphatic heterocycles. The van der Waals surface area contributed by atoms with Gasteiger partial charge in [-0.25, -0.2) is 0 Å². The fourth-order valence-corrected chi connectivity index (χ4v) is 4.63. The fourth-order valence-electron chi connectivity index (χ4n) is 4.63. The standard InChI is InChI=1S/C24H30N9O2/c1-3-21(31-10-15-35-16-11-31)4-2-20(1)27-24-28-23-18-25-5-12-33(23,29-24)22-17-26-32(19-22)7-6-30-8-13-34-14-9-30/h1-5,12,17-19H,6-11,13-16H2,(H,27,29)/q+1. The monoisotopic (exact) mass is 476 g/mol. The molecule has 0 amide bonds. The van der Waals surface area contributed by atoms with Crippen LogP contribution >= 0.6 is 0 Å². The number of nitrogens with one attached hydrogen (secondary N) is 1. The molecular formula is C24H30N9O2+. The minimum Gasteiger partial charge on any atom is -0.379 e. The number of anilines is 2. The average molecular weight is 477 g/mol. The number of hydrogen-bond acceptors (Lipinski definition) is 9. The Balaban J connectivity index is 1.17. The van der Waals surface area contributed by atoms with E-state index in [0.29, 0.717) is 5.96 Å². The lowest BCUT2D eigenvalue weighted by molar-refractivity contribution is 0.0359. The molecule has 0 saturated carbocycles. The van der Waals surface area contributed by atoms with Gasteiger partial charge < -0.3 is 19.7 Å². The molecule has 35 heavy (non-hydrogen) atoms. The van der Waals surface area contributed by atoms with Crippen molar-refractivity contribution >= 4 is 35.1 Å². The quantitative estimate of drug-likeness (QED) is 0.639. The number of fused-ring (bicyclic) bond motifs is 1. The van der Waals surface area contributed by atoms with Crippen molar-refractivity contribution in [1.29, 1.82) is 0 Å². The third-order valence-corrected chi connectivity index (χ3v) is 6.64. The van der Waals surface area contributed by atoms with Gasteiger partial charge in [0.25, 0.3) is 11.8 Å². The molecule has 1 unspecified atom stereocenters. The number of quaternary nitrogens is 1. The molecule has 2 saturated heterocycles. The van der Waals surface area contributed by atoms with Gasteiger partial charge >= 0.3 is 0 Å². The van der Waals surface area contributed by atoms with Gasteiger partial charge in [-0.15, -0.1) is 0 Å². The molecule has 11 heteroatoms. The highest BCUT2D eigenvalue weighted by Crippen LogP contribution is 2.31. The van der Waals surface area contributed by atoms with E-state index in [1.165, 1.54) is 5.69 Å². The number of ether oxygens (including phenoxy) is 2. The van der Waals surface area contributed by atoms with Gasteiger partial charge in [-0.2, -0.15) is 10.1 Å². The highest BCUT2D eigenvalue weighted by atomic mass is 16.5. The van der Waals surface area contributed by atoms with Gasteiger partial charge in [0.2, 0.25) is 5.69 Å². The smallest absolute Gasteiger partial charge is 0.287 e. The van der Waals surface area contributed by atoms with Gasteiger partial charge in [-0.3, -0.25) is 14.6 Å². The van der Waals surface area contributed by atoms with Crippen LogP contribution in [0.5, 0.6) is 0 Å². The number of nitrogens with zero attached hydrogens (tertiary/aromatic N) is 8. The number of aromatic nitrogens is 2. The Morgan fingerprint density at radius 3 is 2.51 bits per heavy atom. The van der Waals surface area contributed by atoms with E-state index in [4.69, 9.17) is 19.6 Å². The van der Waals surface area contributed by atoms with Crippen molar-refractivity contribution in [2.24, 2.45) is 15.1 Å². The van der Waals surface area contributed by atoms with Crippen molar-refractivity contribution in [3.63, 3.8) is 0 Å². The van der Waals surface area contributed by atoms with Crippen molar-refractivity contribution in [3.8, 4) is 0 Å². The predicted molar refractivity (Wildman–Crippen MR) is 137 cm³/mol. The van der Waals surface area contributed by atoms with Crippen molar-refractivity contribution < 1.29 is 9.47 Å². The maximum absolute atomic E-state index is 5.45. The van der Waals surface area contributed by atoms with Gasteiger partial charge in [0, 0.05) is 44.1 Å². The minimum absolute atomic E-state index is 0.120. The summed E-state index contributed by atoms with van der Waals surface area (Å²) >= 11 is 0. The number of benzene rings is 1. The van der Waals surface area contributed by atoms with Crippen LogP contribution in [0.15, 0.2) is 64.1 Å². The zero-order valence-electron chi connectivity index (χ0n) is 19.7. The van der Waals surface area contributed by atoms with Gasteiger partial charge in [0.15, 0.2) is 6.20 Å². The molecular weight excluding hydrogens is 446 g/mol. The number of morpholine rings is 2. The number of rotatable bonds is 6. The summed E-state index contributed by atoms with van der Waals surface area (Å²) in [5, 5.41) is 12.9. The summed E-state index contributed by atoms with van der Waals surface area (Å²) in [7, 11) is 0. The van der Waals surface area contributed by atoms with E-state index in [1.54, 1.807) is 12.4 Å². The molecule has 5 heterocycles. The normalized spacial score (nSPS) is 24.3. The Morgan fingerprint density at radius 2 is 1.71 bits per heavy atom. The SMILES string of the molecule is C1=C[N+]2(c3cnn(CCN4CCOCC4)c3)N=C(Nc3ccc(N4CCOCC4)cc3)N=C2C=N1. The molecule has 1 aromatic heterocycles. The maximum Gasteiger partial charge on any atom is 0.287 e. The Labute approximate surface area is 204 Å². The lowest BCUT2D eigenvalue weighted by Crippen LogP contribution is -2.44. The summed E-state index contributed by atoms with van der Waals surface area (Å²) < 4.78 is 13.0. The summed E-state index contributed by atoms with van der Waals surface area (Å²) in [6.45, 7) is 8.67. The van der Waals surface area contributed by atoms with E-state index >= 15 is 0 Å². The summed E-state index contributed by atoms with van der Waals surface area (Å²) in [5.41, 5.74) is 3.05. The lowest BCUT2D eigenvalue weighted by Gasteiger charge is -2.28. The van der Waals surface area contributed by atoms with Crippen molar-refractivity contribution in [2.75, 3.05) is 69.4 Å². The highest BCUT2D eigenvalue weighted by molar-refractivity contribution is 6.38. The number of guanidine groups is 1. The van der Waals surface area contributed by atoms with Crippen LogP contribution in [0, 0.1) is 0 Å². The van der Waals surface area contributed by atoms with Gasteiger partial charge in [-0.05, 0) is 29.4 Å². The molecule has 1 atom stereocenters. The Kier molecular flexibility index (Phi) is 6.13. The topological polar surface area (TPSA) is 91.9 Å². The molecule has 0 bridgehead atoms. The average Bonchev–Trinajstić information content (AvgIpc) is 3.54. The Morgan fingerprint density at radius 1 is 0.943 bits per heavy atom. The molecule has 1 N–H and O–H groups in total. The van der Waals surface area contributed by atoms with Gasteiger partial charge in [0.05, 0.1) is 45.4 Å². The second-order valence-corrected chi connectivity index (χ2v) is 8.84. The zero-order chi connectivity index (χ0) is 23.5. The first-order chi connectivity index (χ1) is 17.3. The van der Waals surface area contributed by atoms with Crippen LogP contribution in [-0.2, 0) is 16.0 Å². The number of amidine groups is 1. The van der Waals surface area contributed by atoms with Gasteiger partial charge in [-0.1, -0.05) is 4.59 Å². The number of aliphatic imine (C=N–C) groups is 2. The van der Waals surface area contributed by atoms with E-state index in [-0.39, 0.29) is 4.59 Å². The first-order valence-electron chi connectivity index (χ1n) is 12.1. The summed E-state index contributed by atoms with van der Waals surface area (Å²) in [5.74, 6) is 1.27. The lowest BCUT2D eigenvalue weighted by atomic mass is 10.2. The van der Waals surface area contributed by atoms with E-state index < -0.39 is 0 Å². The maximum atomic E-state index is 5.45. The molecule has 182 valence electrons. The second kappa shape index (κ2) is 9.70. The summed E-state index contributed by atoms with van der Waals surface area (Å²) in [4.78, 5) is 13.8. The van der Waals surface area contributed by atoms with Crippen LogP contribution in [0.3, 0.4) is 0 Å². The minimum atomic E-state index is 0.120. The van der Waals surface area contributed by atoms with E-state index in [1.807, 2.05) is 23.3 Å². The zero-order valence-corrected chi connectivity index (χ0v) is 19.7. The van der Waals surface area contributed by atoms with Crippen LogP contribution in [0.25, 0.3) is 0 Å². The molecule has 11 nitrogen and oxygen atoms in total. The predicted octanol–water partition coefficient (Wildman–Crippen LogP) is 1.71. The van der Waals surface area contributed by atoms with E-state index in [2.05, 4.69) is 49.5 Å². The molecule has 1 aromatic carbocycles. The Hall–Kier alpha value is -3.38. The third kappa shape index (κ3) is 4.63. The fraction of sp³-hybridized carbons (Fsp3) is 0.417. The van der Waals surface area contributed by atoms with E-state index in [9.17, 15) is 0 Å². The van der Waals surface area contributed by atoms with Crippen LogP contribution < -0.4 is 14.8 Å². The van der Waals surface area contributed by atoms with E-state index in [0.717, 1.165) is 82.9 Å². The molecule has 0 radical (unpaired) electrons. The third-order valence-electron chi connectivity index (χ3n) is 6.64. The van der Waals surface area contributed by atoms with Gasteiger partial charge in [0.1, 0.15) is 12.4 Å². The first kappa shape index (κ1) is 22.1. The Bertz CT molecular complexity index is 1160. The molecule has 6 rings (SSSR count). The molecule has 2 aromatic rings. The number of hydrogen-bond donors (Lipinski definition) is 1. The van der Waals surface area contributed by atoms with Crippen LogP contribution in [0.1, 0.15) is 0 Å². The van der Waals surface area contributed by atoms with Crippen LogP contribution in [-0.4, -0.2) is 91.8 Å². The largest absolute Gasteiger partial charge is 0.379 e.